The SMILES string of the molecule is NNc1nc(Nc2ccc(OC(F)(F)F)cc2)nc(N2CCOCC2)n1. The van der Waals surface area contributed by atoms with Gasteiger partial charge < -0.3 is 19.7 Å². The first-order valence-corrected chi connectivity index (χ1v) is 7.61. The van der Waals surface area contributed by atoms with E-state index in [0.717, 1.165) is 0 Å². The highest BCUT2D eigenvalue weighted by atomic mass is 19.4. The fourth-order valence-electron chi connectivity index (χ4n) is 2.26. The maximum atomic E-state index is 12.2. The van der Waals surface area contributed by atoms with E-state index >= 15 is 0 Å². The largest absolute Gasteiger partial charge is 0.573 e. The van der Waals surface area contributed by atoms with Crippen molar-refractivity contribution >= 4 is 23.5 Å². The molecule has 1 aliphatic rings. The van der Waals surface area contributed by atoms with E-state index in [4.69, 9.17) is 10.6 Å². The Kier molecular flexibility index (Phi) is 5.23. The van der Waals surface area contributed by atoms with Crippen LogP contribution in [0.5, 0.6) is 5.75 Å². The second-order valence-electron chi connectivity index (χ2n) is 5.22. The number of nitrogen functional groups attached to an aromatic ring is 1. The van der Waals surface area contributed by atoms with Crippen LogP contribution in [0.25, 0.3) is 0 Å². The number of nitrogens with zero attached hydrogens (tertiary/aromatic N) is 4. The molecule has 4 N–H and O–H groups in total. The van der Waals surface area contributed by atoms with Crippen molar-refractivity contribution in [2.75, 3.05) is 41.9 Å². The third-order valence-corrected chi connectivity index (χ3v) is 3.39. The molecule has 9 nitrogen and oxygen atoms in total. The van der Waals surface area contributed by atoms with Gasteiger partial charge >= 0.3 is 6.36 Å². The summed E-state index contributed by atoms with van der Waals surface area (Å²) in [6.07, 6.45) is -4.74. The van der Waals surface area contributed by atoms with Crippen molar-refractivity contribution in [3.8, 4) is 5.75 Å². The van der Waals surface area contributed by atoms with Crippen LogP contribution >= 0.6 is 0 Å². The Hall–Kier alpha value is -2.86. The van der Waals surface area contributed by atoms with Gasteiger partial charge in [-0.05, 0) is 24.3 Å². The second-order valence-corrected chi connectivity index (χ2v) is 5.22. The summed E-state index contributed by atoms with van der Waals surface area (Å²) < 4.78 is 45.7. The molecule has 1 aromatic carbocycles. The maximum Gasteiger partial charge on any atom is 0.573 e. The highest BCUT2D eigenvalue weighted by Gasteiger charge is 2.31. The van der Waals surface area contributed by atoms with Gasteiger partial charge in [0.25, 0.3) is 0 Å². The first-order valence-electron chi connectivity index (χ1n) is 7.61. The van der Waals surface area contributed by atoms with Gasteiger partial charge in [-0.25, -0.2) is 5.84 Å². The molecule has 0 spiro atoms. The number of ether oxygens (including phenoxy) is 2. The van der Waals surface area contributed by atoms with Gasteiger partial charge in [0.2, 0.25) is 17.8 Å². The third kappa shape index (κ3) is 4.83. The van der Waals surface area contributed by atoms with Crippen molar-refractivity contribution in [2.24, 2.45) is 5.84 Å². The fraction of sp³-hybridized carbons (Fsp3) is 0.357. The minimum Gasteiger partial charge on any atom is -0.406 e. The molecule has 2 aromatic rings. The monoisotopic (exact) mass is 371 g/mol. The molecule has 0 atom stereocenters. The molecule has 2 heterocycles. The van der Waals surface area contributed by atoms with E-state index in [1.54, 1.807) is 0 Å². The highest BCUT2D eigenvalue weighted by Crippen LogP contribution is 2.25. The maximum absolute atomic E-state index is 12.2. The lowest BCUT2D eigenvalue weighted by Gasteiger charge is -2.27. The van der Waals surface area contributed by atoms with Crippen LogP contribution in [0.3, 0.4) is 0 Å². The molecular weight excluding hydrogens is 355 g/mol. The molecule has 1 fully saturated rings. The van der Waals surface area contributed by atoms with Gasteiger partial charge in [-0.15, -0.1) is 13.2 Å². The van der Waals surface area contributed by atoms with Gasteiger partial charge in [0, 0.05) is 18.8 Å². The molecule has 12 heteroatoms. The molecule has 0 amide bonds. The van der Waals surface area contributed by atoms with E-state index in [1.165, 1.54) is 24.3 Å². The first kappa shape index (κ1) is 17.9. The number of aromatic nitrogens is 3. The summed E-state index contributed by atoms with van der Waals surface area (Å²) in [5.41, 5.74) is 2.84. The van der Waals surface area contributed by atoms with Crippen LogP contribution in [0.15, 0.2) is 24.3 Å². The molecule has 1 aromatic heterocycles. The molecule has 1 aliphatic heterocycles. The van der Waals surface area contributed by atoms with E-state index in [2.05, 4.69) is 30.4 Å². The molecule has 26 heavy (non-hydrogen) atoms. The number of hydrogen-bond donors (Lipinski definition) is 3. The van der Waals surface area contributed by atoms with E-state index in [-0.39, 0.29) is 17.6 Å². The quantitative estimate of drug-likeness (QED) is 0.533. The molecule has 0 aliphatic carbocycles. The molecular formula is C14H16F3N7O2. The second kappa shape index (κ2) is 7.58. The van der Waals surface area contributed by atoms with Crippen molar-refractivity contribution in [3.05, 3.63) is 24.3 Å². The van der Waals surface area contributed by atoms with Gasteiger partial charge in [0.05, 0.1) is 13.2 Å². The van der Waals surface area contributed by atoms with E-state index < -0.39 is 6.36 Å². The number of nitrogens with two attached hydrogens (primary N) is 1. The molecule has 0 radical (unpaired) electrons. The predicted octanol–water partition coefficient (Wildman–Crippen LogP) is 1.64. The molecule has 3 rings (SSSR count). The van der Waals surface area contributed by atoms with Crippen molar-refractivity contribution in [3.63, 3.8) is 0 Å². The Morgan fingerprint density at radius 2 is 1.69 bits per heavy atom. The Morgan fingerprint density at radius 3 is 2.31 bits per heavy atom. The Morgan fingerprint density at radius 1 is 1.04 bits per heavy atom. The summed E-state index contributed by atoms with van der Waals surface area (Å²) in [5, 5.41) is 2.90. The number of halogens is 3. The van der Waals surface area contributed by atoms with Crippen molar-refractivity contribution in [1.29, 1.82) is 0 Å². The summed E-state index contributed by atoms with van der Waals surface area (Å²) in [7, 11) is 0. The van der Waals surface area contributed by atoms with Crippen LogP contribution in [-0.4, -0.2) is 47.6 Å². The lowest BCUT2D eigenvalue weighted by molar-refractivity contribution is -0.274. The van der Waals surface area contributed by atoms with E-state index in [1.807, 2.05) is 4.90 Å². The molecule has 0 saturated carbocycles. The predicted molar refractivity (Wildman–Crippen MR) is 87.1 cm³/mol. The lowest BCUT2D eigenvalue weighted by atomic mass is 10.3. The topological polar surface area (TPSA) is 110 Å². The van der Waals surface area contributed by atoms with Crippen LogP contribution < -0.4 is 26.2 Å². The number of alkyl halides is 3. The molecule has 1 saturated heterocycles. The van der Waals surface area contributed by atoms with Crippen LogP contribution in [0.2, 0.25) is 0 Å². The van der Waals surface area contributed by atoms with Gasteiger partial charge in [-0.1, -0.05) is 0 Å². The standard InChI is InChI=1S/C14H16F3N7O2/c15-14(16,17)26-10-3-1-9(2-4-10)19-11-20-12(23-18)22-13(21-11)24-5-7-25-8-6-24/h1-4H,5-8,18H2,(H2,19,20,21,22,23). The molecule has 140 valence electrons. The van der Waals surface area contributed by atoms with E-state index in [9.17, 15) is 13.2 Å². The minimum absolute atomic E-state index is 0.154. The number of nitrogens with one attached hydrogen (secondary N) is 2. The Bertz CT molecular complexity index is 736. The van der Waals surface area contributed by atoms with Crippen LogP contribution in [0, 0.1) is 0 Å². The summed E-state index contributed by atoms with van der Waals surface area (Å²) in [5.74, 6) is 5.83. The number of benzene rings is 1. The molecule has 0 unspecified atom stereocenters. The van der Waals surface area contributed by atoms with Crippen molar-refractivity contribution < 1.29 is 22.6 Å². The number of hydrogen-bond acceptors (Lipinski definition) is 9. The third-order valence-electron chi connectivity index (χ3n) is 3.39. The normalized spacial score (nSPS) is 14.8. The number of hydrazine groups is 1. The number of rotatable bonds is 5. The summed E-state index contributed by atoms with van der Waals surface area (Å²) in [6, 6.07) is 5.19. The van der Waals surface area contributed by atoms with Gasteiger partial charge in [0.15, 0.2) is 0 Å². The summed E-state index contributed by atoms with van der Waals surface area (Å²) in [4.78, 5) is 14.5. The van der Waals surface area contributed by atoms with Crippen LogP contribution in [-0.2, 0) is 4.74 Å². The zero-order valence-electron chi connectivity index (χ0n) is 13.5. The lowest BCUT2D eigenvalue weighted by Crippen LogP contribution is -2.37. The van der Waals surface area contributed by atoms with Crippen LogP contribution in [0.4, 0.5) is 36.7 Å². The smallest absolute Gasteiger partial charge is 0.406 e. The zero-order valence-corrected chi connectivity index (χ0v) is 13.5. The Labute approximate surface area is 146 Å². The average Bonchev–Trinajstić information content (AvgIpc) is 2.62. The van der Waals surface area contributed by atoms with Gasteiger partial charge in [-0.2, -0.15) is 15.0 Å². The average molecular weight is 371 g/mol. The highest BCUT2D eigenvalue weighted by molar-refractivity contribution is 5.57. The van der Waals surface area contributed by atoms with Gasteiger partial charge in [-0.3, -0.25) is 5.43 Å². The summed E-state index contributed by atoms with van der Waals surface area (Å²) in [6.45, 7) is 2.36. The van der Waals surface area contributed by atoms with E-state index in [0.29, 0.717) is 37.9 Å². The van der Waals surface area contributed by atoms with Crippen molar-refractivity contribution in [2.45, 2.75) is 6.36 Å². The number of anilines is 4. The molecule has 0 bridgehead atoms. The van der Waals surface area contributed by atoms with Crippen LogP contribution in [0.1, 0.15) is 0 Å². The fourth-order valence-corrected chi connectivity index (χ4v) is 2.26. The van der Waals surface area contributed by atoms with Crippen molar-refractivity contribution in [1.82, 2.24) is 15.0 Å². The summed E-state index contributed by atoms with van der Waals surface area (Å²) >= 11 is 0. The minimum atomic E-state index is -4.74. The zero-order chi connectivity index (χ0) is 18.6. The Balaban J connectivity index is 1.76. The van der Waals surface area contributed by atoms with Gasteiger partial charge in [0.1, 0.15) is 5.75 Å². The first-order chi connectivity index (χ1) is 12.4. The number of morpholine rings is 1.